The molecule has 0 aliphatic carbocycles. The molecule has 0 N–H and O–H groups in total. The molecule has 0 aliphatic rings. The number of pyridine rings is 1. The molecule has 2 aromatic rings. The standard InChI is InChI=1S/C12H9F2N/c1-8-6-11(14)9(7-10(8)13)12-4-2-3-5-15-12/h2-7H,1H3. The van der Waals surface area contributed by atoms with Gasteiger partial charge in [0.1, 0.15) is 11.6 Å². The normalized spacial score (nSPS) is 10.3. The van der Waals surface area contributed by atoms with E-state index in [2.05, 4.69) is 4.98 Å². The zero-order valence-corrected chi connectivity index (χ0v) is 8.17. The van der Waals surface area contributed by atoms with Gasteiger partial charge in [0, 0.05) is 11.8 Å². The minimum absolute atomic E-state index is 0.193. The summed E-state index contributed by atoms with van der Waals surface area (Å²) in [4.78, 5) is 3.97. The Kier molecular flexibility index (Phi) is 2.46. The molecule has 0 bridgehead atoms. The topological polar surface area (TPSA) is 12.9 Å². The lowest BCUT2D eigenvalue weighted by atomic mass is 10.1. The van der Waals surface area contributed by atoms with Crippen LogP contribution in [0.25, 0.3) is 11.3 Å². The Bertz CT molecular complexity index is 480. The van der Waals surface area contributed by atoms with Crippen LogP contribution in [0, 0.1) is 18.6 Å². The van der Waals surface area contributed by atoms with Crippen molar-refractivity contribution < 1.29 is 8.78 Å². The van der Waals surface area contributed by atoms with Gasteiger partial charge >= 0.3 is 0 Å². The second kappa shape index (κ2) is 3.77. The Morgan fingerprint density at radius 3 is 2.53 bits per heavy atom. The Balaban J connectivity index is 2.59. The van der Waals surface area contributed by atoms with Crippen molar-refractivity contribution in [3.8, 4) is 11.3 Å². The number of halogens is 2. The van der Waals surface area contributed by atoms with E-state index in [-0.39, 0.29) is 5.56 Å². The van der Waals surface area contributed by atoms with Crippen LogP contribution >= 0.6 is 0 Å². The van der Waals surface area contributed by atoms with E-state index in [1.165, 1.54) is 19.1 Å². The minimum atomic E-state index is -0.451. The maximum Gasteiger partial charge on any atom is 0.133 e. The average Bonchev–Trinajstić information content (AvgIpc) is 2.25. The first kappa shape index (κ1) is 9.77. The summed E-state index contributed by atoms with van der Waals surface area (Å²) >= 11 is 0. The molecule has 0 spiro atoms. The lowest BCUT2D eigenvalue weighted by Gasteiger charge is -2.04. The molecular formula is C12H9F2N. The van der Waals surface area contributed by atoms with Crippen LogP contribution < -0.4 is 0 Å². The number of hydrogen-bond donors (Lipinski definition) is 0. The summed E-state index contributed by atoms with van der Waals surface area (Å²) in [5.41, 5.74) is 0.930. The van der Waals surface area contributed by atoms with Gasteiger partial charge in [-0.3, -0.25) is 4.98 Å². The van der Waals surface area contributed by atoms with E-state index in [9.17, 15) is 8.78 Å². The molecule has 2 rings (SSSR count). The summed E-state index contributed by atoms with van der Waals surface area (Å²) in [7, 11) is 0. The van der Waals surface area contributed by atoms with Gasteiger partial charge in [0.15, 0.2) is 0 Å². The second-order valence-electron chi connectivity index (χ2n) is 3.30. The lowest BCUT2D eigenvalue weighted by molar-refractivity contribution is 0.595. The number of aromatic nitrogens is 1. The Morgan fingerprint density at radius 1 is 1.07 bits per heavy atom. The molecule has 15 heavy (non-hydrogen) atoms. The summed E-state index contributed by atoms with van der Waals surface area (Å²) in [6, 6.07) is 7.46. The van der Waals surface area contributed by atoms with Crippen LogP contribution in [0.2, 0.25) is 0 Å². The number of rotatable bonds is 1. The van der Waals surface area contributed by atoms with Crippen molar-refractivity contribution in [1.29, 1.82) is 0 Å². The van der Waals surface area contributed by atoms with Gasteiger partial charge in [-0.2, -0.15) is 0 Å². The third kappa shape index (κ3) is 1.86. The van der Waals surface area contributed by atoms with Crippen LogP contribution in [-0.2, 0) is 0 Å². The van der Waals surface area contributed by atoms with Gasteiger partial charge in [0.2, 0.25) is 0 Å². The fourth-order valence-electron chi connectivity index (χ4n) is 1.36. The maximum atomic E-state index is 13.5. The van der Waals surface area contributed by atoms with E-state index in [4.69, 9.17) is 0 Å². The van der Waals surface area contributed by atoms with Gasteiger partial charge in [-0.05, 0) is 36.8 Å². The highest BCUT2D eigenvalue weighted by Crippen LogP contribution is 2.23. The first-order valence-corrected chi connectivity index (χ1v) is 4.55. The third-order valence-electron chi connectivity index (χ3n) is 2.19. The van der Waals surface area contributed by atoms with Crippen molar-refractivity contribution in [2.24, 2.45) is 0 Å². The molecule has 0 radical (unpaired) electrons. The van der Waals surface area contributed by atoms with Gasteiger partial charge < -0.3 is 0 Å². The van der Waals surface area contributed by atoms with Crippen LogP contribution in [0.3, 0.4) is 0 Å². The van der Waals surface area contributed by atoms with Gasteiger partial charge in [0.25, 0.3) is 0 Å². The highest BCUT2D eigenvalue weighted by molar-refractivity contribution is 5.60. The number of nitrogens with zero attached hydrogens (tertiary/aromatic N) is 1. The first-order chi connectivity index (χ1) is 7.18. The highest BCUT2D eigenvalue weighted by Gasteiger charge is 2.09. The van der Waals surface area contributed by atoms with E-state index < -0.39 is 11.6 Å². The fraction of sp³-hybridized carbons (Fsp3) is 0.0833. The summed E-state index contributed by atoms with van der Waals surface area (Å²) < 4.78 is 26.8. The zero-order valence-electron chi connectivity index (χ0n) is 8.17. The number of benzene rings is 1. The van der Waals surface area contributed by atoms with Crippen molar-refractivity contribution in [2.45, 2.75) is 6.92 Å². The summed E-state index contributed by atoms with van der Waals surface area (Å²) in [5, 5.41) is 0. The van der Waals surface area contributed by atoms with Gasteiger partial charge in [-0.25, -0.2) is 8.78 Å². The van der Waals surface area contributed by atoms with Crippen LogP contribution in [-0.4, -0.2) is 4.98 Å². The van der Waals surface area contributed by atoms with Crippen LogP contribution in [0.15, 0.2) is 36.5 Å². The van der Waals surface area contributed by atoms with Crippen LogP contribution in [0.5, 0.6) is 0 Å². The molecule has 0 amide bonds. The molecule has 0 saturated heterocycles. The third-order valence-corrected chi connectivity index (χ3v) is 2.19. The van der Waals surface area contributed by atoms with E-state index >= 15 is 0 Å². The predicted octanol–water partition coefficient (Wildman–Crippen LogP) is 3.34. The Hall–Kier alpha value is -1.77. The smallest absolute Gasteiger partial charge is 0.133 e. The SMILES string of the molecule is Cc1cc(F)c(-c2ccccn2)cc1F. The van der Waals surface area contributed by atoms with Crippen molar-refractivity contribution >= 4 is 0 Å². The van der Waals surface area contributed by atoms with Gasteiger partial charge in [-0.1, -0.05) is 6.07 Å². The van der Waals surface area contributed by atoms with E-state index in [1.54, 1.807) is 24.4 Å². The minimum Gasteiger partial charge on any atom is -0.256 e. The maximum absolute atomic E-state index is 13.5. The fourth-order valence-corrected chi connectivity index (χ4v) is 1.36. The molecule has 0 unspecified atom stereocenters. The van der Waals surface area contributed by atoms with Gasteiger partial charge in [-0.15, -0.1) is 0 Å². The molecule has 0 aliphatic heterocycles. The molecule has 0 atom stereocenters. The second-order valence-corrected chi connectivity index (χ2v) is 3.30. The monoisotopic (exact) mass is 205 g/mol. The lowest BCUT2D eigenvalue weighted by Crippen LogP contribution is -1.91. The van der Waals surface area contributed by atoms with Crippen LogP contribution in [0.4, 0.5) is 8.78 Å². The quantitative estimate of drug-likeness (QED) is 0.695. The molecule has 76 valence electrons. The van der Waals surface area contributed by atoms with Crippen molar-refractivity contribution in [3.05, 3.63) is 53.7 Å². The summed E-state index contributed by atoms with van der Waals surface area (Å²) in [6.07, 6.45) is 1.55. The molecule has 1 aromatic carbocycles. The molecule has 1 heterocycles. The zero-order chi connectivity index (χ0) is 10.8. The Labute approximate surface area is 86.4 Å². The highest BCUT2D eigenvalue weighted by atomic mass is 19.1. The predicted molar refractivity (Wildman–Crippen MR) is 54.3 cm³/mol. The van der Waals surface area contributed by atoms with E-state index in [0.717, 1.165) is 0 Å². The molecular weight excluding hydrogens is 196 g/mol. The molecule has 3 heteroatoms. The average molecular weight is 205 g/mol. The van der Waals surface area contributed by atoms with E-state index in [1.807, 2.05) is 0 Å². The molecule has 1 nitrogen and oxygen atoms in total. The van der Waals surface area contributed by atoms with Gasteiger partial charge in [0.05, 0.1) is 5.69 Å². The van der Waals surface area contributed by atoms with Crippen LogP contribution in [0.1, 0.15) is 5.56 Å². The number of aryl methyl sites for hydroxylation is 1. The van der Waals surface area contributed by atoms with Crippen molar-refractivity contribution in [1.82, 2.24) is 4.98 Å². The molecule has 1 aromatic heterocycles. The van der Waals surface area contributed by atoms with Crippen molar-refractivity contribution in [2.75, 3.05) is 0 Å². The van der Waals surface area contributed by atoms with Crippen molar-refractivity contribution in [3.63, 3.8) is 0 Å². The molecule has 0 saturated carbocycles. The largest absolute Gasteiger partial charge is 0.256 e. The Morgan fingerprint density at radius 2 is 1.87 bits per heavy atom. The number of hydrogen-bond acceptors (Lipinski definition) is 1. The summed E-state index contributed by atoms with van der Waals surface area (Å²) in [6.45, 7) is 1.53. The summed E-state index contributed by atoms with van der Waals surface area (Å²) in [5.74, 6) is -0.871. The molecule has 0 fully saturated rings. The first-order valence-electron chi connectivity index (χ1n) is 4.55. The van der Waals surface area contributed by atoms with E-state index in [0.29, 0.717) is 11.3 Å².